The molecule has 1 fully saturated rings. The number of hydrogen-bond donors (Lipinski definition) is 2. The van der Waals surface area contributed by atoms with Crippen molar-refractivity contribution in [3.8, 4) is 0 Å². The molecule has 0 unspecified atom stereocenters. The minimum atomic E-state index is 0.0476. The highest BCUT2D eigenvalue weighted by Crippen LogP contribution is 2.16. The molecule has 2 N–H and O–H groups in total. The van der Waals surface area contributed by atoms with E-state index in [9.17, 15) is 4.79 Å². The van der Waals surface area contributed by atoms with Crippen LogP contribution in [0.2, 0.25) is 0 Å². The monoisotopic (exact) mass is 275 g/mol. The van der Waals surface area contributed by atoms with Crippen LogP contribution < -0.4 is 10.6 Å². The SMILES string of the molecule is O=C(Cc1ccccn1)NCCNC1CCCCCC1. The van der Waals surface area contributed by atoms with Gasteiger partial charge in [-0.15, -0.1) is 0 Å². The lowest BCUT2D eigenvalue weighted by Gasteiger charge is -2.16. The molecule has 2 rings (SSSR count). The molecule has 0 aromatic carbocycles. The summed E-state index contributed by atoms with van der Waals surface area (Å²) in [6, 6.07) is 6.29. The van der Waals surface area contributed by atoms with Crippen LogP contribution in [-0.2, 0) is 11.2 Å². The molecule has 0 radical (unpaired) electrons. The van der Waals surface area contributed by atoms with Crippen LogP contribution in [0.5, 0.6) is 0 Å². The van der Waals surface area contributed by atoms with Crippen LogP contribution >= 0.6 is 0 Å². The first-order valence-corrected chi connectivity index (χ1v) is 7.74. The maximum atomic E-state index is 11.7. The van der Waals surface area contributed by atoms with Crippen LogP contribution in [0.4, 0.5) is 0 Å². The third-order valence-electron chi connectivity index (χ3n) is 3.80. The van der Waals surface area contributed by atoms with Crippen molar-refractivity contribution in [2.24, 2.45) is 0 Å². The number of rotatable bonds is 6. The summed E-state index contributed by atoms with van der Waals surface area (Å²) in [6.45, 7) is 1.56. The summed E-state index contributed by atoms with van der Waals surface area (Å²) in [6.07, 6.45) is 10.1. The Morgan fingerprint density at radius 2 is 1.95 bits per heavy atom. The molecule has 20 heavy (non-hydrogen) atoms. The Labute approximate surface area is 121 Å². The number of pyridine rings is 1. The molecule has 110 valence electrons. The Bertz CT molecular complexity index is 386. The van der Waals surface area contributed by atoms with E-state index < -0.39 is 0 Å². The van der Waals surface area contributed by atoms with Crippen LogP contribution in [0.15, 0.2) is 24.4 Å². The molecule has 1 aliphatic rings. The van der Waals surface area contributed by atoms with Gasteiger partial charge in [0.2, 0.25) is 5.91 Å². The zero-order chi connectivity index (χ0) is 14.0. The van der Waals surface area contributed by atoms with Gasteiger partial charge in [-0.05, 0) is 25.0 Å². The van der Waals surface area contributed by atoms with Crippen LogP contribution in [0.3, 0.4) is 0 Å². The molecule has 1 aromatic heterocycles. The third-order valence-corrected chi connectivity index (χ3v) is 3.80. The second-order valence-corrected chi connectivity index (χ2v) is 5.49. The predicted octanol–water partition coefficient (Wildman–Crippen LogP) is 2.05. The van der Waals surface area contributed by atoms with Gasteiger partial charge in [-0.2, -0.15) is 0 Å². The van der Waals surface area contributed by atoms with Crippen molar-refractivity contribution in [2.75, 3.05) is 13.1 Å². The minimum Gasteiger partial charge on any atom is -0.354 e. The van der Waals surface area contributed by atoms with E-state index in [0.717, 1.165) is 12.2 Å². The Balaban J connectivity index is 1.57. The molecule has 0 saturated heterocycles. The summed E-state index contributed by atoms with van der Waals surface area (Å²) in [5.41, 5.74) is 0.821. The van der Waals surface area contributed by atoms with E-state index in [1.165, 1.54) is 38.5 Å². The summed E-state index contributed by atoms with van der Waals surface area (Å²) in [7, 11) is 0. The van der Waals surface area contributed by atoms with E-state index in [-0.39, 0.29) is 5.91 Å². The van der Waals surface area contributed by atoms with Crippen LogP contribution in [0, 0.1) is 0 Å². The van der Waals surface area contributed by atoms with Gasteiger partial charge in [0, 0.05) is 31.0 Å². The Kier molecular flexibility index (Phi) is 6.51. The van der Waals surface area contributed by atoms with Crippen molar-refractivity contribution < 1.29 is 4.79 Å². The first kappa shape index (κ1) is 15.0. The molecule has 0 bridgehead atoms. The number of carbonyl (C=O) groups excluding carboxylic acids is 1. The van der Waals surface area contributed by atoms with Gasteiger partial charge in [0.05, 0.1) is 6.42 Å². The number of nitrogens with zero attached hydrogens (tertiary/aromatic N) is 1. The zero-order valence-corrected chi connectivity index (χ0v) is 12.1. The first-order chi connectivity index (χ1) is 9.84. The fraction of sp³-hybridized carbons (Fsp3) is 0.625. The second kappa shape index (κ2) is 8.69. The van der Waals surface area contributed by atoms with Crippen molar-refractivity contribution in [3.63, 3.8) is 0 Å². The lowest BCUT2D eigenvalue weighted by atomic mass is 10.1. The normalized spacial score (nSPS) is 16.6. The van der Waals surface area contributed by atoms with Gasteiger partial charge >= 0.3 is 0 Å². The molecule has 0 aliphatic heterocycles. The van der Waals surface area contributed by atoms with Gasteiger partial charge in [-0.1, -0.05) is 31.7 Å². The maximum Gasteiger partial charge on any atom is 0.226 e. The molecule has 1 amide bonds. The molecular weight excluding hydrogens is 250 g/mol. The van der Waals surface area contributed by atoms with Gasteiger partial charge < -0.3 is 10.6 Å². The molecule has 4 heteroatoms. The zero-order valence-electron chi connectivity index (χ0n) is 12.1. The quantitative estimate of drug-likeness (QED) is 0.617. The minimum absolute atomic E-state index is 0.0476. The Morgan fingerprint density at radius 3 is 2.65 bits per heavy atom. The van der Waals surface area contributed by atoms with E-state index in [2.05, 4.69) is 15.6 Å². The second-order valence-electron chi connectivity index (χ2n) is 5.49. The van der Waals surface area contributed by atoms with Gasteiger partial charge in [0.15, 0.2) is 0 Å². The van der Waals surface area contributed by atoms with Crippen molar-refractivity contribution in [1.29, 1.82) is 0 Å². The van der Waals surface area contributed by atoms with Crippen LogP contribution in [0.25, 0.3) is 0 Å². The largest absolute Gasteiger partial charge is 0.354 e. The Hall–Kier alpha value is -1.42. The van der Waals surface area contributed by atoms with E-state index in [1.54, 1.807) is 6.20 Å². The average molecular weight is 275 g/mol. The van der Waals surface area contributed by atoms with Gasteiger partial charge in [0.25, 0.3) is 0 Å². The fourth-order valence-electron chi connectivity index (χ4n) is 2.69. The van der Waals surface area contributed by atoms with Gasteiger partial charge in [-0.25, -0.2) is 0 Å². The number of hydrogen-bond acceptors (Lipinski definition) is 3. The molecule has 0 atom stereocenters. The van der Waals surface area contributed by atoms with E-state index in [4.69, 9.17) is 0 Å². The molecule has 1 heterocycles. The maximum absolute atomic E-state index is 11.7. The molecule has 1 saturated carbocycles. The highest BCUT2D eigenvalue weighted by molar-refractivity contribution is 5.78. The van der Waals surface area contributed by atoms with Crippen molar-refractivity contribution >= 4 is 5.91 Å². The fourth-order valence-corrected chi connectivity index (χ4v) is 2.69. The van der Waals surface area contributed by atoms with E-state index in [0.29, 0.717) is 19.0 Å². The van der Waals surface area contributed by atoms with E-state index >= 15 is 0 Å². The molecular formula is C16H25N3O. The number of amides is 1. The summed E-state index contributed by atoms with van der Waals surface area (Å²) >= 11 is 0. The van der Waals surface area contributed by atoms with Gasteiger partial charge in [0.1, 0.15) is 0 Å². The summed E-state index contributed by atoms with van der Waals surface area (Å²) in [4.78, 5) is 15.9. The Morgan fingerprint density at radius 1 is 1.15 bits per heavy atom. The van der Waals surface area contributed by atoms with Crippen LogP contribution in [-0.4, -0.2) is 30.0 Å². The smallest absolute Gasteiger partial charge is 0.226 e. The molecule has 1 aliphatic carbocycles. The highest BCUT2D eigenvalue weighted by atomic mass is 16.1. The third kappa shape index (κ3) is 5.70. The molecule has 0 spiro atoms. The molecule has 1 aromatic rings. The number of nitrogens with one attached hydrogen (secondary N) is 2. The predicted molar refractivity (Wildman–Crippen MR) is 80.4 cm³/mol. The van der Waals surface area contributed by atoms with Crippen LogP contribution in [0.1, 0.15) is 44.2 Å². The van der Waals surface area contributed by atoms with Crippen molar-refractivity contribution in [1.82, 2.24) is 15.6 Å². The molecule has 4 nitrogen and oxygen atoms in total. The summed E-state index contributed by atoms with van der Waals surface area (Å²) < 4.78 is 0. The van der Waals surface area contributed by atoms with Crippen molar-refractivity contribution in [3.05, 3.63) is 30.1 Å². The number of aromatic nitrogens is 1. The first-order valence-electron chi connectivity index (χ1n) is 7.74. The average Bonchev–Trinajstić information content (AvgIpc) is 2.73. The standard InChI is InChI=1S/C16H25N3O/c20-16(13-15-9-5-6-10-17-15)19-12-11-18-14-7-3-1-2-4-8-14/h5-6,9-10,14,18H,1-4,7-8,11-13H2,(H,19,20). The van der Waals surface area contributed by atoms with Gasteiger partial charge in [-0.3, -0.25) is 9.78 Å². The summed E-state index contributed by atoms with van der Waals surface area (Å²) in [5, 5.41) is 6.50. The lowest BCUT2D eigenvalue weighted by molar-refractivity contribution is -0.120. The summed E-state index contributed by atoms with van der Waals surface area (Å²) in [5.74, 6) is 0.0476. The highest BCUT2D eigenvalue weighted by Gasteiger charge is 2.11. The lowest BCUT2D eigenvalue weighted by Crippen LogP contribution is -2.37. The van der Waals surface area contributed by atoms with Crippen molar-refractivity contribution in [2.45, 2.75) is 51.0 Å². The van der Waals surface area contributed by atoms with E-state index in [1.807, 2.05) is 18.2 Å². The topological polar surface area (TPSA) is 54.0 Å². The number of carbonyl (C=O) groups is 1.